The van der Waals surface area contributed by atoms with E-state index in [1.54, 1.807) is 24.3 Å². The quantitative estimate of drug-likeness (QED) is 0.792. The number of benzene rings is 1. The fourth-order valence-electron chi connectivity index (χ4n) is 2.60. The molecule has 19 heavy (non-hydrogen) atoms. The van der Waals surface area contributed by atoms with Crippen LogP contribution in [0.4, 0.5) is 5.69 Å². The lowest BCUT2D eigenvalue weighted by Crippen LogP contribution is -2.49. The second kappa shape index (κ2) is 5.74. The molecule has 4 heteroatoms. The minimum Gasteiger partial charge on any atom is -0.274 e. The van der Waals surface area contributed by atoms with Crippen molar-refractivity contribution in [3.63, 3.8) is 0 Å². The Morgan fingerprint density at radius 3 is 2.58 bits per heavy atom. The van der Waals surface area contributed by atoms with E-state index < -0.39 is 0 Å². The Hall–Kier alpha value is -1.35. The van der Waals surface area contributed by atoms with Crippen molar-refractivity contribution in [3.8, 4) is 0 Å². The summed E-state index contributed by atoms with van der Waals surface area (Å²) in [5.41, 5.74) is 0.506. The van der Waals surface area contributed by atoms with Gasteiger partial charge in [-0.3, -0.25) is 9.59 Å². The van der Waals surface area contributed by atoms with Gasteiger partial charge in [0.05, 0.1) is 10.7 Å². The van der Waals surface area contributed by atoms with E-state index >= 15 is 0 Å². The zero-order valence-corrected chi connectivity index (χ0v) is 12.0. The standard InChI is InChI=1S/C15H18ClNO2/c1-3-6-11-9-10(2)14(18)17(15(11)19)13-8-5-4-7-12(13)16/h4-5,7-8,10-11H,3,6,9H2,1-2H3/t10-,11-/m1/s1. The van der Waals surface area contributed by atoms with Crippen molar-refractivity contribution >= 4 is 29.1 Å². The van der Waals surface area contributed by atoms with E-state index in [1.807, 2.05) is 13.8 Å². The normalized spacial score (nSPS) is 23.8. The first-order chi connectivity index (χ1) is 9.06. The minimum atomic E-state index is -0.148. The lowest BCUT2D eigenvalue weighted by atomic mass is 9.86. The fraction of sp³-hybridized carbons (Fsp3) is 0.467. The van der Waals surface area contributed by atoms with E-state index in [4.69, 9.17) is 11.6 Å². The van der Waals surface area contributed by atoms with Crippen LogP contribution in [0.2, 0.25) is 5.02 Å². The first-order valence-electron chi connectivity index (χ1n) is 6.68. The predicted octanol–water partition coefficient (Wildman–Crippen LogP) is 3.66. The average molecular weight is 280 g/mol. The number of carbonyl (C=O) groups excluding carboxylic acids is 2. The van der Waals surface area contributed by atoms with Crippen molar-refractivity contribution in [2.24, 2.45) is 11.8 Å². The first kappa shape index (κ1) is 14.1. The first-order valence-corrected chi connectivity index (χ1v) is 7.06. The van der Waals surface area contributed by atoms with E-state index in [-0.39, 0.29) is 23.7 Å². The lowest BCUT2D eigenvalue weighted by Gasteiger charge is -2.34. The summed E-state index contributed by atoms with van der Waals surface area (Å²) in [7, 11) is 0. The van der Waals surface area contributed by atoms with Gasteiger partial charge in [-0.25, -0.2) is 4.90 Å². The molecular formula is C15H18ClNO2. The van der Waals surface area contributed by atoms with E-state index in [9.17, 15) is 9.59 Å². The summed E-state index contributed by atoms with van der Waals surface area (Å²) in [6.07, 6.45) is 2.40. The molecule has 0 saturated carbocycles. The maximum atomic E-state index is 12.5. The lowest BCUT2D eigenvalue weighted by molar-refractivity contribution is -0.135. The summed E-state index contributed by atoms with van der Waals surface area (Å²) in [5, 5.41) is 0.438. The molecule has 0 bridgehead atoms. The molecule has 1 heterocycles. The number of imide groups is 1. The Morgan fingerprint density at radius 1 is 1.26 bits per heavy atom. The number of rotatable bonds is 3. The SMILES string of the molecule is CCC[C@@H]1C[C@@H](C)C(=O)N(c2ccccc2Cl)C1=O. The van der Waals surface area contributed by atoms with Gasteiger partial charge in [-0.05, 0) is 25.0 Å². The summed E-state index contributed by atoms with van der Waals surface area (Å²) in [5.74, 6) is -0.469. The molecule has 1 aliphatic rings. The molecule has 3 nitrogen and oxygen atoms in total. The molecular weight excluding hydrogens is 262 g/mol. The monoisotopic (exact) mass is 279 g/mol. The molecule has 0 unspecified atom stereocenters. The van der Waals surface area contributed by atoms with E-state index in [0.717, 1.165) is 12.8 Å². The van der Waals surface area contributed by atoms with Gasteiger partial charge in [-0.2, -0.15) is 0 Å². The molecule has 2 rings (SSSR count). The number of anilines is 1. The summed E-state index contributed by atoms with van der Waals surface area (Å²) in [6, 6.07) is 7.00. The van der Waals surface area contributed by atoms with Gasteiger partial charge in [-0.15, -0.1) is 0 Å². The maximum Gasteiger partial charge on any atom is 0.236 e. The van der Waals surface area contributed by atoms with Crippen LogP contribution in [0.1, 0.15) is 33.1 Å². The predicted molar refractivity (Wildman–Crippen MR) is 76.1 cm³/mol. The molecule has 0 radical (unpaired) electrons. The molecule has 0 aromatic heterocycles. The van der Waals surface area contributed by atoms with Gasteiger partial charge in [0.25, 0.3) is 0 Å². The molecule has 1 aliphatic heterocycles. The number of piperidine rings is 1. The van der Waals surface area contributed by atoms with Gasteiger partial charge in [0.15, 0.2) is 0 Å². The summed E-state index contributed by atoms with van der Waals surface area (Å²) in [4.78, 5) is 26.0. The fourth-order valence-corrected chi connectivity index (χ4v) is 2.82. The van der Waals surface area contributed by atoms with Crippen LogP contribution in [0.25, 0.3) is 0 Å². The van der Waals surface area contributed by atoms with Crippen LogP contribution in [0.3, 0.4) is 0 Å². The average Bonchev–Trinajstić information content (AvgIpc) is 2.38. The molecule has 102 valence electrons. The van der Waals surface area contributed by atoms with Crippen LogP contribution in [-0.4, -0.2) is 11.8 Å². The van der Waals surface area contributed by atoms with Gasteiger partial charge < -0.3 is 0 Å². The highest BCUT2D eigenvalue weighted by atomic mass is 35.5. The van der Waals surface area contributed by atoms with Crippen LogP contribution in [0.5, 0.6) is 0 Å². The molecule has 1 saturated heterocycles. The molecule has 2 amide bonds. The van der Waals surface area contributed by atoms with Crippen LogP contribution < -0.4 is 4.90 Å². The largest absolute Gasteiger partial charge is 0.274 e. The highest BCUT2D eigenvalue weighted by Crippen LogP contribution is 2.34. The Balaban J connectivity index is 2.38. The zero-order chi connectivity index (χ0) is 14.0. The van der Waals surface area contributed by atoms with Crippen molar-refractivity contribution in [1.29, 1.82) is 0 Å². The van der Waals surface area contributed by atoms with Crippen molar-refractivity contribution in [2.75, 3.05) is 4.90 Å². The van der Waals surface area contributed by atoms with Gasteiger partial charge in [0, 0.05) is 11.8 Å². The van der Waals surface area contributed by atoms with Gasteiger partial charge in [0.2, 0.25) is 11.8 Å². The number of carbonyl (C=O) groups is 2. The van der Waals surface area contributed by atoms with E-state index in [1.165, 1.54) is 4.90 Å². The molecule has 2 atom stereocenters. The Labute approximate surface area is 118 Å². The third kappa shape index (κ3) is 2.66. The van der Waals surface area contributed by atoms with Crippen LogP contribution in [0.15, 0.2) is 24.3 Å². The number of hydrogen-bond donors (Lipinski definition) is 0. The molecule has 1 fully saturated rings. The van der Waals surface area contributed by atoms with Gasteiger partial charge in [-0.1, -0.05) is 44.0 Å². The summed E-state index contributed by atoms with van der Waals surface area (Å²) < 4.78 is 0. The Bertz CT molecular complexity index is 501. The Morgan fingerprint density at radius 2 is 1.95 bits per heavy atom. The van der Waals surface area contributed by atoms with E-state index in [2.05, 4.69) is 0 Å². The molecule has 1 aromatic rings. The maximum absolute atomic E-state index is 12.5. The number of para-hydroxylation sites is 1. The summed E-state index contributed by atoms with van der Waals surface area (Å²) >= 11 is 6.11. The second-order valence-corrected chi connectivity index (χ2v) is 5.49. The number of halogens is 1. The minimum absolute atomic E-state index is 0.0750. The van der Waals surface area contributed by atoms with Crippen LogP contribution >= 0.6 is 11.6 Å². The zero-order valence-electron chi connectivity index (χ0n) is 11.2. The second-order valence-electron chi connectivity index (χ2n) is 5.09. The van der Waals surface area contributed by atoms with Crippen molar-refractivity contribution in [2.45, 2.75) is 33.1 Å². The van der Waals surface area contributed by atoms with Gasteiger partial charge >= 0.3 is 0 Å². The number of nitrogens with zero attached hydrogens (tertiary/aromatic N) is 1. The summed E-state index contributed by atoms with van der Waals surface area (Å²) in [6.45, 7) is 3.93. The number of amides is 2. The smallest absolute Gasteiger partial charge is 0.236 e. The van der Waals surface area contributed by atoms with Crippen molar-refractivity contribution in [1.82, 2.24) is 0 Å². The van der Waals surface area contributed by atoms with Crippen LogP contribution in [0, 0.1) is 11.8 Å². The molecule has 0 N–H and O–H groups in total. The van der Waals surface area contributed by atoms with Crippen molar-refractivity contribution in [3.05, 3.63) is 29.3 Å². The number of hydrogen-bond acceptors (Lipinski definition) is 2. The third-order valence-corrected chi connectivity index (χ3v) is 3.90. The van der Waals surface area contributed by atoms with Crippen LogP contribution in [-0.2, 0) is 9.59 Å². The highest BCUT2D eigenvalue weighted by molar-refractivity contribution is 6.35. The Kier molecular flexibility index (Phi) is 4.25. The van der Waals surface area contributed by atoms with Gasteiger partial charge in [0.1, 0.15) is 0 Å². The third-order valence-electron chi connectivity index (χ3n) is 3.58. The van der Waals surface area contributed by atoms with E-state index in [0.29, 0.717) is 17.1 Å². The highest BCUT2D eigenvalue weighted by Gasteiger charge is 2.39. The topological polar surface area (TPSA) is 37.4 Å². The van der Waals surface area contributed by atoms with Crippen molar-refractivity contribution < 1.29 is 9.59 Å². The molecule has 1 aromatic carbocycles. The molecule has 0 spiro atoms. The molecule has 0 aliphatic carbocycles.